The molecular formula is C30H50O3. The third-order valence-corrected chi connectivity index (χ3v) is 14.1. The molecule has 1 saturated heterocycles. The molecule has 0 aromatic heterocycles. The third kappa shape index (κ3) is 2.32. The lowest BCUT2D eigenvalue weighted by atomic mass is 9.34. The molecule has 10 atom stereocenters. The first kappa shape index (κ1) is 23.3. The monoisotopic (exact) mass is 458 g/mol. The van der Waals surface area contributed by atoms with Crippen molar-refractivity contribution in [3.05, 3.63) is 0 Å². The van der Waals surface area contributed by atoms with E-state index in [1.165, 1.54) is 51.4 Å². The molecule has 188 valence electrons. The molecule has 0 amide bonds. The van der Waals surface area contributed by atoms with E-state index in [4.69, 9.17) is 9.47 Å². The van der Waals surface area contributed by atoms with Crippen LogP contribution in [0, 0.1) is 44.8 Å². The molecule has 6 fully saturated rings. The minimum Gasteiger partial charge on any atom is -0.393 e. The molecule has 0 aromatic carbocycles. The zero-order valence-electron chi connectivity index (χ0n) is 22.7. The Hall–Kier alpha value is -0.120. The molecular weight excluding hydrogens is 408 g/mol. The predicted octanol–water partition coefficient (Wildman–Crippen LogP) is 6.76. The van der Waals surface area contributed by atoms with E-state index in [2.05, 4.69) is 48.5 Å². The summed E-state index contributed by atoms with van der Waals surface area (Å²) < 4.78 is 13.3. The average molecular weight is 459 g/mol. The smallest absolute Gasteiger partial charge is 0.104 e. The van der Waals surface area contributed by atoms with Gasteiger partial charge in [-0.25, -0.2) is 0 Å². The molecule has 2 unspecified atom stereocenters. The van der Waals surface area contributed by atoms with E-state index in [1.807, 2.05) is 7.11 Å². The summed E-state index contributed by atoms with van der Waals surface area (Å²) in [6.07, 6.45) is 12.4. The number of methoxy groups -OCH3 is 1. The van der Waals surface area contributed by atoms with Gasteiger partial charge in [0.15, 0.2) is 0 Å². The minimum atomic E-state index is -0.169. The van der Waals surface area contributed by atoms with Crippen LogP contribution < -0.4 is 0 Å². The summed E-state index contributed by atoms with van der Waals surface area (Å²) >= 11 is 0. The lowest BCUT2D eigenvalue weighted by Gasteiger charge is -2.69. The van der Waals surface area contributed by atoms with Crippen LogP contribution in [-0.2, 0) is 9.47 Å². The number of hydrogen-bond acceptors (Lipinski definition) is 3. The molecule has 3 heteroatoms. The summed E-state index contributed by atoms with van der Waals surface area (Å²) in [5.74, 6) is 2.05. The van der Waals surface area contributed by atoms with Gasteiger partial charge in [0.05, 0.1) is 12.2 Å². The van der Waals surface area contributed by atoms with Gasteiger partial charge >= 0.3 is 0 Å². The van der Waals surface area contributed by atoms with Gasteiger partial charge in [0, 0.05) is 17.9 Å². The van der Waals surface area contributed by atoms with Crippen molar-refractivity contribution in [2.75, 3.05) is 7.11 Å². The summed E-state index contributed by atoms with van der Waals surface area (Å²) in [6, 6.07) is 0. The second kappa shape index (κ2) is 6.41. The van der Waals surface area contributed by atoms with Crippen molar-refractivity contribution in [3.8, 4) is 0 Å². The van der Waals surface area contributed by atoms with Gasteiger partial charge in [0.1, 0.15) is 11.2 Å². The zero-order valence-corrected chi connectivity index (χ0v) is 22.7. The average Bonchev–Trinajstić information content (AvgIpc) is 3.44. The molecule has 5 saturated carbocycles. The minimum absolute atomic E-state index is 0.0101. The van der Waals surface area contributed by atoms with Gasteiger partial charge in [0.25, 0.3) is 0 Å². The van der Waals surface area contributed by atoms with Gasteiger partial charge in [-0.05, 0) is 98.2 Å². The van der Waals surface area contributed by atoms with Gasteiger partial charge in [0.2, 0.25) is 0 Å². The molecule has 33 heavy (non-hydrogen) atoms. The van der Waals surface area contributed by atoms with Crippen molar-refractivity contribution in [2.45, 2.75) is 136 Å². The summed E-state index contributed by atoms with van der Waals surface area (Å²) in [5, 5.41) is 10.9. The summed E-state index contributed by atoms with van der Waals surface area (Å²) in [7, 11) is 1.93. The highest BCUT2D eigenvalue weighted by Crippen LogP contribution is 2.84. The Balaban J connectivity index is 1.39. The maximum Gasteiger partial charge on any atom is 0.104 e. The lowest BCUT2D eigenvalue weighted by molar-refractivity contribution is -0.210. The molecule has 0 spiro atoms. The SMILES string of the molecule is CO[C@H]1CC[C@@]2(C)C(CC[C@]3(C)C2CC[C@]24O[C@@]23CC[C@H]2C(C)(C)[C@H](O)CC[C@@]24C)C1(C)C. The van der Waals surface area contributed by atoms with Crippen molar-refractivity contribution < 1.29 is 14.6 Å². The van der Waals surface area contributed by atoms with Crippen molar-refractivity contribution in [2.24, 2.45) is 44.8 Å². The molecule has 0 radical (unpaired) electrons. The Morgan fingerprint density at radius 3 is 1.82 bits per heavy atom. The van der Waals surface area contributed by atoms with Crippen molar-refractivity contribution in [1.82, 2.24) is 0 Å². The fraction of sp³-hybridized carbons (Fsp3) is 1.00. The van der Waals surface area contributed by atoms with Gasteiger partial charge in [-0.15, -0.1) is 0 Å². The number of aliphatic hydroxyl groups is 1. The van der Waals surface area contributed by atoms with Crippen LogP contribution in [0.3, 0.4) is 0 Å². The van der Waals surface area contributed by atoms with E-state index < -0.39 is 0 Å². The van der Waals surface area contributed by atoms with Gasteiger partial charge < -0.3 is 14.6 Å². The van der Waals surface area contributed by atoms with Gasteiger partial charge in [-0.1, -0.05) is 48.5 Å². The van der Waals surface area contributed by atoms with Gasteiger partial charge in [-0.2, -0.15) is 0 Å². The Morgan fingerprint density at radius 1 is 0.636 bits per heavy atom. The Bertz CT molecular complexity index is 849. The molecule has 3 nitrogen and oxygen atoms in total. The van der Waals surface area contributed by atoms with Crippen LogP contribution >= 0.6 is 0 Å². The van der Waals surface area contributed by atoms with Crippen molar-refractivity contribution in [1.29, 1.82) is 0 Å². The second-order valence-corrected chi connectivity index (χ2v) is 15.3. The first-order valence-electron chi connectivity index (χ1n) is 14.2. The van der Waals surface area contributed by atoms with Crippen molar-refractivity contribution in [3.63, 3.8) is 0 Å². The topological polar surface area (TPSA) is 42.0 Å². The molecule has 5 aliphatic carbocycles. The van der Waals surface area contributed by atoms with Crippen LogP contribution in [0.25, 0.3) is 0 Å². The number of epoxide rings is 1. The third-order valence-electron chi connectivity index (χ3n) is 14.1. The van der Waals surface area contributed by atoms with E-state index in [-0.39, 0.29) is 39.0 Å². The quantitative estimate of drug-likeness (QED) is 0.441. The van der Waals surface area contributed by atoms with E-state index in [9.17, 15) is 5.11 Å². The van der Waals surface area contributed by atoms with E-state index in [0.29, 0.717) is 17.4 Å². The summed E-state index contributed by atoms with van der Waals surface area (Å²) in [6.45, 7) is 17.5. The van der Waals surface area contributed by atoms with Crippen LogP contribution in [-0.4, -0.2) is 35.6 Å². The standard InChI is InChI=1S/C30H50O3/c1-24(2)20-10-17-30-28(7)15-9-19-25(3,4)23(32-8)13-14-26(19,5)21(28)11-18-29(30,33-30)27(20,6)16-12-22(24)31/h19-23,31H,9-18H2,1-8H3/t19?,20-,21?,22+,23-,26-,27-,28+,29+,30+/m0/s1. The Kier molecular flexibility index (Phi) is 4.52. The summed E-state index contributed by atoms with van der Waals surface area (Å²) in [4.78, 5) is 0. The Morgan fingerprint density at radius 2 is 1.18 bits per heavy atom. The Labute approximate surface area is 202 Å². The summed E-state index contributed by atoms with van der Waals surface area (Å²) in [5.41, 5.74) is 1.22. The predicted molar refractivity (Wildman–Crippen MR) is 132 cm³/mol. The fourth-order valence-corrected chi connectivity index (χ4v) is 12.5. The number of aliphatic hydroxyl groups excluding tert-OH is 1. The lowest BCUT2D eigenvalue weighted by Crippen LogP contribution is -2.69. The molecule has 1 heterocycles. The number of ether oxygens (including phenoxy) is 2. The van der Waals surface area contributed by atoms with Crippen LogP contribution in [0.1, 0.15) is 113 Å². The molecule has 6 aliphatic rings. The molecule has 6 rings (SSSR count). The van der Waals surface area contributed by atoms with E-state index in [1.54, 1.807) is 0 Å². The second-order valence-electron chi connectivity index (χ2n) is 15.3. The first-order chi connectivity index (χ1) is 15.3. The fourth-order valence-electron chi connectivity index (χ4n) is 12.5. The van der Waals surface area contributed by atoms with Crippen molar-refractivity contribution >= 4 is 0 Å². The molecule has 0 bridgehead atoms. The van der Waals surface area contributed by atoms with Crippen LogP contribution in [0.5, 0.6) is 0 Å². The van der Waals surface area contributed by atoms with Crippen LogP contribution in [0.4, 0.5) is 0 Å². The highest BCUT2D eigenvalue weighted by Gasteiger charge is 2.88. The molecule has 1 N–H and O–H groups in total. The van der Waals surface area contributed by atoms with Gasteiger partial charge in [-0.3, -0.25) is 0 Å². The number of rotatable bonds is 1. The number of hydrogen-bond donors (Lipinski definition) is 1. The van der Waals surface area contributed by atoms with Crippen LogP contribution in [0.2, 0.25) is 0 Å². The van der Waals surface area contributed by atoms with E-state index in [0.717, 1.165) is 24.7 Å². The molecule has 0 aromatic rings. The number of fused-ring (bicyclic) bond motifs is 4. The van der Waals surface area contributed by atoms with Crippen LogP contribution in [0.15, 0.2) is 0 Å². The molecule has 1 aliphatic heterocycles. The first-order valence-corrected chi connectivity index (χ1v) is 14.2. The maximum absolute atomic E-state index is 10.9. The largest absolute Gasteiger partial charge is 0.393 e. The highest BCUT2D eigenvalue weighted by atomic mass is 16.6. The maximum atomic E-state index is 10.9. The zero-order chi connectivity index (χ0) is 23.9. The normalized spacial score (nSPS) is 60.5. The highest BCUT2D eigenvalue weighted by molar-refractivity contribution is 5.36. The van der Waals surface area contributed by atoms with E-state index >= 15 is 0 Å².